The molecule has 1 aliphatic heterocycles. The second-order valence-corrected chi connectivity index (χ2v) is 7.64. The van der Waals surface area contributed by atoms with E-state index in [9.17, 15) is 0 Å². The van der Waals surface area contributed by atoms with Gasteiger partial charge in [0, 0.05) is 24.7 Å². The molecule has 4 rings (SSSR count). The Morgan fingerprint density at radius 1 is 1.21 bits per heavy atom. The van der Waals surface area contributed by atoms with Crippen LogP contribution in [0.4, 0.5) is 0 Å². The van der Waals surface area contributed by atoms with E-state index in [1.807, 2.05) is 24.3 Å². The van der Waals surface area contributed by atoms with E-state index in [2.05, 4.69) is 35.0 Å². The van der Waals surface area contributed by atoms with Crippen LogP contribution < -0.4 is 10.1 Å². The molecule has 1 unspecified atom stereocenters. The molecule has 1 saturated heterocycles. The molecule has 1 fully saturated rings. The minimum Gasteiger partial charge on any atom is -0.486 e. The summed E-state index contributed by atoms with van der Waals surface area (Å²) in [7, 11) is 0. The summed E-state index contributed by atoms with van der Waals surface area (Å²) in [6, 6.07) is 13.7. The number of hydrogen-bond donors (Lipinski definition) is 1. The highest BCUT2D eigenvalue weighted by molar-refractivity contribution is 6.30. The molecule has 148 valence electrons. The fourth-order valence-electron chi connectivity index (χ4n) is 3.62. The van der Waals surface area contributed by atoms with Crippen LogP contribution in [0.5, 0.6) is 5.75 Å². The standard InChI is InChI=1S/C22H26ClN3O2/c1-16-4-2-5-20-22(16)25-21(15-28-18-8-6-17(23)7-9-18)26(20)12-3-13-27-19-10-11-24-14-19/h2,4-9,19,24H,3,10-15H2,1H3. The number of fused-ring (bicyclic) bond motifs is 1. The molecule has 0 aliphatic carbocycles. The summed E-state index contributed by atoms with van der Waals surface area (Å²) in [6.45, 7) is 6.16. The normalized spacial score (nSPS) is 16.7. The van der Waals surface area contributed by atoms with Crippen LogP contribution in [-0.2, 0) is 17.9 Å². The van der Waals surface area contributed by atoms with Crippen LogP contribution in [0.2, 0.25) is 5.02 Å². The first kappa shape index (κ1) is 19.2. The first-order valence-corrected chi connectivity index (χ1v) is 10.2. The lowest BCUT2D eigenvalue weighted by molar-refractivity contribution is 0.0633. The molecular formula is C22H26ClN3O2. The molecular weight excluding hydrogens is 374 g/mol. The van der Waals surface area contributed by atoms with E-state index < -0.39 is 0 Å². The maximum atomic E-state index is 5.98. The lowest BCUT2D eigenvalue weighted by Gasteiger charge is -2.13. The Labute approximate surface area is 170 Å². The minimum absolute atomic E-state index is 0.356. The van der Waals surface area contributed by atoms with Gasteiger partial charge in [0.05, 0.1) is 17.1 Å². The van der Waals surface area contributed by atoms with Gasteiger partial charge in [-0.1, -0.05) is 23.7 Å². The summed E-state index contributed by atoms with van der Waals surface area (Å²) < 4.78 is 14.2. The largest absolute Gasteiger partial charge is 0.486 e. The Bertz CT molecular complexity index is 917. The minimum atomic E-state index is 0.356. The number of aromatic nitrogens is 2. The molecule has 2 heterocycles. The van der Waals surface area contributed by atoms with E-state index in [0.29, 0.717) is 17.7 Å². The number of para-hydroxylation sites is 1. The Morgan fingerprint density at radius 2 is 2.07 bits per heavy atom. The van der Waals surface area contributed by atoms with Gasteiger partial charge in [-0.2, -0.15) is 0 Å². The molecule has 0 radical (unpaired) electrons. The molecule has 6 heteroatoms. The summed E-state index contributed by atoms with van der Waals surface area (Å²) in [5.41, 5.74) is 3.37. The van der Waals surface area contributed by atoms with Crippen molar-refractivity contribution in [3.05, 3.63) is 58.9 Å². The smallest absolute Gasteiger partial charge is 0.148 e. The molecule has 3 aromatic rings. The van der Waals surface area contributed by atoms with E-state index in [1.54, 1.807) is 0 Å². The monoisotopic (exact) mass is 399 g/mol. The fourth-order valence-corrected chi connectivity index (χ4v) is 3.74. The third-order valence-electron chi connectivity index (χ3n) is 5.14. The second-order valence-electron chi connectivity index (χ2n) is 7.20. The SMILES string of the molecule is Cc1cccc2c1nc(COc1ccc(Cl)cc1)n2CCCOC1CCNC1. The van der Waals surface area contributed by atoms with Crippen LogP contribution >= 0.6 is 11.6 Å². The molecule has 0 spiro atoms. The van der Waals surface area contributed by atoms with Crippen molar-refractivity contribution in [2.24, 2.45) is 0 Å². The zero-order chi connectivity index (χ0) is 19.3. The molecule has 0 bridgehead atoms. The van der Waals surface area contributed by atoms with Crippen molar-refractivity contribution in [2.75, 3.05) is 19.7 Å². The molecule has 0 saturated carbocycles. The number of ether oxygens (including phenoxy) is 2. The highest BCUT2D eigenvalue weighted by atomic mass is 35.5. The summed E-state index contributed by atoms with van der Waals surface area (Å²) >= 11 is 5.96. The van der Waals surface area contributed by atoms with Crippen molar-refractivity contribution in [2.45, 2.75) is 39.0 Å². The van der Waals surface area contributed by atoms with Gasteiger partial charge in [-0.25, -0.2) is 4.98 Å². The van der Waals surface area contributed by atoms with Gasteiger partial charge in [-0.05, 0) is 62.2 Å². The Morgan fingerprint density at radius 3 is 2.86 bits per heavy atom. The van der Waals surface area contributed by atoms with Crippen LogP contribution in [-0.4, -0.2) is 35.4 Å². The molecule has 1 atom stereocenters. The van der Waals surface area contributed by atoms with Crippen LogP contribution in [0.3, 0.4) is 0 Å². The number of aryl methyl sites for hydroxylation is 2. The summed E-state index contributed by atoms with van der Waals surface area (Å²) in [5.74, 6) is 1.72. The van der Waals surface area contributed by atoms with E-state index in [-0.39, 0.29) is 0 Å². The van der Waals surface area contributed by atoms with Crippen LogP contribution in [0.25, 0.3) is 11.0 Å². The highest BCUT2D eigenvalue weighted by Gasteiger charge is 2.15. The maximum absolute atomic E-state index is 5.98. The van der Waals surface area contributed by atoms with Gasteiger partial charge in [0.25, 0.3) is 0 Å². The number of rotatable bonds is 8. The zero-order valence-electron chi connectivity index (χ0n) is 16.2. The average molecular weight is 400 g/mol. The topological polar surface area (TPSA) is 48.3 Å². The van der Waals surface area contributed by atoms with E-state index >= 15 is 0 Å². The third-order valence-corrected chi connectivity index (χ3v) is 5.39. The number of nitrogens with one attached hydrogen (secondary N) is 1. The first-order valence-electron chi connectivity index (χ1n) is 9.86. The number of benzene rings is 2. The van der Waals surface area contributed by atoms with Gasteiger partial charge in [-0.3, -0.25) is 0 Å². The molecule has 0 amide bonds. The predicted octanol–water partition coefficient (Wildman–Crippen LogP) is 4.35. The number of hydrogen-bond acceptors (Lipinski definition) is 4. The van der Waals surface area contributed by atoms with Crippen LogP contribution in [0, 0.1) is 6.92 Å². The van der Waals surface area contributed by atoms with Crippen molar-refractivity contribution in [1.82, 2.24) is 14.9 Å². The lowest BCUT2D eigenvalue weighted by Crippen LogP contribution is -2.18. The summed E-state index contributed by atoms with van der Waals surface area (Å²) in [5, 5.41) is 4.04. The Balaban J connectivity index is 1.46. The van der Waals surface area contributed by atoms with Crippen LogP contribution in [0.15, 0.2) is 42.5 Å². The van der Waals surface area contributed by atoms with Crippen molar-refractivity contribution in [1.29, 1.82) is 0 Å². The van der Waals surface area contributed by atoms with Crippen LogP contribution in [0.1, 0.15) is 24.2 Å². The zero-order valence-corrected chi connectivity index (χ0v) is 16.9. The van der Waals surface area contributed by atoms with Crippen molar-refractivity contribution < 1.29 is 9.47 Å². The third kappa shape index (κ3) is 4.49. The number of imidazole rings is 1. The Kier molecular flexibility index (Phi) is 6.15. The fraction of sp³-hybridized carbons (Fsp3) is 0.409. The van der Waals surface area contributed by atoms with Crippen molar-refractivity contribution >= 4 is 22.6 Å². The van der Waals surface area contributed by atoms with Gasteiger partial charge >= 0.3 is 0 Å². The molecule has 1 N–H and O–H groups in total. The van der Waals surface area contributed by atoms with Gasteiger partial charge in [0.2, 0.25) is 0 Å². The predicted molar refractivity (Wildman–Crippen MR) is 112 cm³/mol. The first-order chi connectivity index (χ1) is 13.7. The maximum Gasteiger partial charge on any atom is 0.148 e. The summed E-state index contributed by atoms with van der Waals surface area (Å²) in [6.07, 6.45) is 2.41. The van der Waals surface area contributed by atoms with Gasteiger partial charge in [0.1, 0.15) is 18.2 Å². The van der Waals surface area contributed by atoms with Gasteiger partial charge in [0.15, 0.2) is 0 Å². The van der Waals surface area contributed by atoms with E-state index in [0.717, 1.165) is 61.7 Å². The number of nitrogens with zero attached hydrogens (tertiary/aromatic N) is 2. The Hall–Kier alpha value is -2.08. The molecule has 1 aliphatic rings. The number of halogens is 1. The van der Waals surface area contributed by atoms with E-state index in [1.165, 1.54) is 5.56 Å². The summed E-state index contributed by atoms with van der Waals surface area (Å²) in [4.78, 5) is 4.86. The second kappa shape index (κ2) is 8.95. The van der Waals surface area contributed by atoms with Crippen molar-refractivity contribution in [3.63, 3.8) is 0 Å². The molecule has 28 heavy (non-hydrogen) atoms. The molecule has 1 aromatic heterocycles. The van der Waals surface area contributed by atoms with E-state index in [4.69, 9.17) is 26.1 Å². The highest BCUT2D eigenvalue weighted by Crippen LogP contribution is 2.22. The van der Waals surface area contributed by atoms with Crippen molar-refractivity contribution in [3.8, 4) is 5.75 Å². The molecule has 2 aromatic carbocycles. The lowest BCUT2D eigenvalue weighted by atomic mass is 10.2. The molecule has 5 nitrogen and oxygen atoms in total. The average Bonchev–Trinajstić information content (AvgIpc) is 3.33. The van der Waals surface area contributed by atoms with Gasteiger partial charge in [-0.15, -0.1) is 0 Å². The quantitative estimate of drug-likeness (QED) is 0.572. The van der Waals surface area contributed by atoms with Gasteiger partial charge < -0.3 is 19.4 Å².